The van der Waals surface area contributed by atoms with Crippen LogP contribution in [0.4, 0.5) is 5.69 Å². The lowest BCUT2D eigenvalue weighted by Crippen LogP contribution is -2.41. The largest absolute Gasteiger partial charge is 0.482 e. The highest BCUT2D eigenvalue weighted by molar-refractivity contribution is 5.97. The van der Waals surface area contributed by atoms with Crippen LogP contribution in [0.25, 0.3) is 0 Å². The first-order valence-corrected chi connectivity index (χ1v) is 8.27. The van der Waals surface area contributed by atoms with Crippen LogP contribution in [0.2, 0.25) is 0 Å². The number of fused-ring (bicyclic) bond motifs is 1. The highest BCUT2D eigenvalue weighted by Gasteiger charge is 2.24. The molecule has 3 N–H and O–H groups in total. The summed E-state index contributed by atoms with van der Waals surface area (Å²) in [5.41, 5.74) is 7.50. The maximum Gasteiger partial charge on any atom is 0.265 e. The third kappa shape index (κ3) is 3.97. The lowest BCUT2D eigenvalue weighted by molar-refractivity contribution is -0.122. The standard InChI is InChI=1S/C19H21N3O3/c20-18(14-7-2-1-3-8-14)19(24)21-11-6-12-22-15-9-4-5-10-16(15)25-13-17(22)23/h1-5,7-10,18H,6,11-13,20H2,(H,21,24). The Morgan fingerprint density at radius 3 is 2.68 bits per heavy atom. The van der Waals surface area contributed by atoms with Gasteiger partial charge in [-0.3, -0.25) is 9.59 Å². The van der Waals surface area contributed by atoms with E-state index in [0.29, 0.717) is 25.3 Å². The minimum absolute atomic E-state index is 0.0439. The van der Waals surface area contributed by atoms with E-state index in [1.54, 1.807) is 4.90 Å². The molecular weight excluding hydrogens is 318 g/mol. The number of hydrogen-bond acceptors (Lipinski definition) is 4. The van der Waals surface area contributed by atoms with Gasteiger partial charge in [0, 0.05) is 13.1 Å². The lowest BCUT2D eigenvalue weighted by atomic mass is 10.1. The number of para-hydroxylation sites is 2. The molecule has 2 aromatic rings. The fraction of sp³-hybridized carbons (Fsp3) is 0.263. The van der Waals surface area contributed by atoms with Crippen molar-refractivity contribution < 1.29 is 14.3 Å². The van der Waals surface area contributed by atoms with E-state index >= 15 is 0 Å². The number of rotatable bonds is 6. The van der Waals surface area contributed by atoms with Crippen molar-refractivity contribution in [2.24, 2.45) is 5.73 Å². The van der Waals surface area contributed by atoms with Gasteiger partial charge in [0.25, 0.3) is 5.91 Å². The van der Waals surface area contributed by atoms with Gasteiger partial charge in [-0.25, -0.2) is 0 Å². The summed E-state index contributed by atoms with van der Waals surface area (Å²) in [6, 6.07) is 16.0. The van der Waals surface area contributed by atoms with Crippen molar-refractivity contribution in [2.45, 2.75) is 12.5 Å². The van der Waals surface area contributed by atoms with Crippen molar-refractivity contribution in [3.63, 3.8) is 0 Å². The number of ether oxygens (including phenoxy) is 1. The Bertz CT molecular complexity index is 749. The number of amides is 2. The van der Waals surface area contributed by atoms with Gasteiger partial charge in [0.05, 0.1) is 5.69 Å². The number of nitrogens with zero attached hydrogens (tertiary/aromatic N) is 1. The van der Waals surface area contributed by atoms with Crippen molar-refractivity contribution >= 4 is 17.5 Å². The SMILES string of the molecule is NC(C(=O)NCCCN1C(=O)COc2ccccc21)c1ccccc1. The van der Waals surface area contributed by atoms with Gasteiger partial charge in [0.1, 0.15) is 11.8 Å². The fourth-order valence-corrected chi connectivity index (χ4v) is 2.77. The van der Waals surface area contributed by atoms with Gasteiger partial charge < -0.3 is 20.7 Å². The van der Waals surface area contributed by atoms with E-state index in [0.717, 1.165) is 11.3 Å². The van der Waals surface area contributed by atoms with E-state index in [-0.39, 0.29) is 18.4 Å². The second-order valence-corrected chi connectivity index (χ2v) is 5.83. The molecule has 0 bridgehead atoms. The summed E-state index contributed by atoms with van der Waals surface area (Å²) in [4.78, 5) is 25.9. The summed E-state index contributed by atoms with van der Waals surface area (Å²) < 4.78 is 5.41. The van der Waals surface area contributed by atoms with Gasteiger partial charge in [-0.15, -0.1) is 0 Å². The number of benzene rings is 2. The Kier molecular flexibility index (Phi) is 5.30. The minimum Gasteiger partial charge on any atom is -0.482 e. The molecule has 1 heterocycles. The topological polar surface area (TPSA) is 84.7 Å². The smallest absolute Gasteiger partial charge is 0.265 e. The molecule has 2 aromatic carbocycles. The molecular formula is C19H21N3O3. The van der Waals surface area contributed by atoms with E-state index in [9.17, 15) is 9.59 Å². The molecule has 1 aliphatic heterocycles. The van der Waals surface area contributed by atoms with Crippen molar-refractivity contribution in [2.75, 3.05) is 24.6 Å². The zero-order valence-electron chi connectivity index (χ0n) is 13.9. The molecule has 130 valence electrons. The van der Waals surface area contributed by atoms with Crippen LogP contribution in [0.3, 0.4) is 0 Å². The number of carbonyl (C=O) groups excluding carboxylic acids is 2. The molecule has 2 amide bonds. The van der Waals surface area contributed by atoms with E-state index in [1.165, 1.54) is 0 Å². The average Bonchev–Trinajstić information content (AvgIpc) is 2.66. The summed E-state index contributed by atoms with van der Waals surface area (Å²) in [5.74, 6) is 0.406. The molecule has 6 nitrogen and oxygen atoms in total. The normalized spacial score (nSPS) is 14.4. The van der Waals surface area contributed by atoms with E-state index < -0.39 is 6.04 Å². The maximum absolute atomic E-state index is 12.1. The summed E-state index contributed by atoms with van der Waals surface area (Å²) >= 11 is 0. The zero-order valence-corrected chi connectivity index (χ0v) is 13.9. The number of anilines is 1. The van der Waals surface area contributed by atoms with Crippen molar-refractivity contribution in [3.05, 3.63) is 60.2 Å². The first-order chi connectivity index (χ1) is 12.2. The van der Waals surface area contributed by atoms with Crippen molar-refractivity contribution in [1.29, 1.82) is 0 Å². The second kappa shape index (κ2) is 7.81. The van der Waals surface area contributed by atoms with Crippen molar-refractivity contribution in [3.8, 4) is 5.75 Å². The molecule has 0 radical (unpaired) electrons. The third-order valence-corrected chi connectivity index (χ3v) is 4.11. The first kappa shape index (κ1) is 17.0. The Morgan fingerprint density at radius 2 is 1.88 bits per heavy atom. The molecule has 1 unspecified atom stereocenters. The van der Waals surface area contributed by atoms with E-state index in [1.807, 2.05) is 54.6 Å². The van der Waals surface area contributed by atoms with Gasteiger partial charge in [-0.05, 0) is 24.1 Å². The molecule has 25 heavy (non-hydrogen) atoms. The van der Waals surface area contributed by atoms with Gasteiger partial charge in [0.2, 0.25) is 5.91 Å². The Labute approximate surface area is 146 Å². The molecule has 0 fully saturated rings. The van der Waals surface area contributed by atoms with Crippen LogP contribution in [-0.2, 0) is 9.59 Å². The van der Waals surface area contributed by atoms with E-state index in [2.05, 4.69) is 5.32 Å². The molecule has 0 spiro atoms. The van der Waals surface area contributed by atoms with Crippen LogP contribution in [0.15, 0.2) is 54.6 Å². The minimum atomic E-state index is -0.688. The van der Waals surface area contributed by atoms with Crippen LogP contribution >= 0.6 is 0 Å². The highest BCUT2D eigenvalue weighted by atomic mass is 16.5. The third-order valence-electron chi connectivity index (χ3n) is 4.11. The lowest BCUT2D eigenvalue weighted by Gasteiger charge is -2.29. The average molecular weight is 339 g/mol. The summed E-state index contributed by atoms with van der Waals surface area (Å²) in [6.45, 7) is 1.01. The number of nitrogens with two attached hydrogens (primary N) is 1. The van der Waals surface area contributed by atoms with Crippen LogP contribution in [-0.4, -0.2) is 31.5 Å². The molecule has 3 rings (SSSR count). The highest BCUT2D eigenvalue weighted by Crippen LogP contribution is 2.31. The summed E-state index contributed by atoms with van der Waals surface area (Å²) in [6.07, 6.45) is 0.632. The number of hydrogen-bond donors (Lipinski definition) is 2. The van der Waals surface area contributed by atoms with Crippen LogP contribution < -0.4 is 20.7 Å². The maximum atomic E-state index is 12.1. The van der Waals surface area contributed by atoms with Gasteiger partial charge in [-0.1, -0.05) is 42.5 Å². The Balaban J connectivity index is 1.50. The Hall–Kier alpha value is -2.86. The molecule has 0 saturated heterocycles. The summed E-state index contributed by atoms with van der Waals surface area (Å²) in [5, 5.41) is 2.83. The number of carbonyl (C=O) groups is 2. The second-order valence-electron chi connectivity index (χ2n) is 5.83. The van der Waals surface area contributed by atoms with Gasteiger partial charge in [-0.2, -0.15) is 0 Å². The van der Waals surface area contributed by atoms with Crippen LogP contribution in [0.5, 0.6) is 5.75 Å². The van der Waals surface area contributed by atoms with Crippen LogP contribution in [0.1, 0.15) is 18.0 Å². The Morgan fingerprint density at radius 1 is 1.16 bits per heavy atom. The van der Waals surface area contributed by atoms with Gasteiger partial charge >= 0.3 is 0 Å². The monoisotopic (exact) mass is 339 g/mol. The van der Waals surface area contributed by atoms with Crippen LogP contribution in [0, 0.1) is 0 Å². The molecule has 1 atom stereocenters. The fourth-order valence-electron chi connectivity index (χ4n) is 2.77. The molecule has 1 aliphatic rings. The summed E-state index contributed by atoms with van der Waals surface area (Å²) in [7, 11) is 0. The first-order valence-electron chi connectivity index (χ1n) is 8.27. The molecule has 6 heteroatoms. The molecule has 0 aromatic heterocycles. The van der Waals surface area contributed by atoms with Gasteiger partial charge in [0.15, 0.2) is 6.61 Å². The number of nitrogens with one attached hydrogen (secondary N) is 1. The molecule has 0 saturated carbocycles. The predicted molar refractivity (Wildman–Crippen MR) is 95.3 cm³/mol. The zero-order chi connectivity index (χ0) is 17.6. The quantitative estimate of drug-likeness (QED) is 0.783. The van der Waals surface area contributed by atoms with Crippen molar-refractivity contribution in [1.82, 2.24) is 5.32 Å². The predicted octanol–water partition coefficient (Wildman–Crippen LogP) is 1.62. The molecule has 0 aliphatic carbocycles. The van der Waals surface area contributed by atoms with E-state index in [4.69, 9.17) is 10.5 Å².